The quantitative estimate of drug-likeness (QED) is 0.686. The fourth-order valence-corrected chi connectivity index (χ4v) is 2.55. The van der Waals surface area contributed by atoms with Crippen LogP contribution in [-0.4, -0.2) is 41.5 Å². The second-order valence-electron chi connectivity index (χ2n) is 5.38. The molecule has 1 saturated heterocycles. The number of carbonyl (C=O) groups is 1. The molecule has 0 spiro atoms. The van der Waals surface area contributed by atoms with Crippen LogP contribution in [0.1, 0.15) is 19.8 Å². The van der Waals surface area contributed by atoms with Crippen LogP contribution >= 0.6 is 0 Å². The van der Waals surface area contributed by atoms with Gasteiger partial charge in [0.1, 0.15) is 5.82 Å². The fourth-order valence-electron chi connectivity index (χ4n) is 2.55. The van der Waals surface area contributed by atoms with Crippen molar-refractivity contribution in [2.24, 2.45) is 11.7 Å². The third kappa shape index (κ3) is 4.18. The molecule has 110 valence electrons. The van der Waals surface area contributed by atoms with E-state index in [1.54, 1.807) is 12.3 Å². The third-order valence-electron chi connectivity index (χ3n) is 3.71. The molecule has 1 fully saturated rings. The number of amides is 1. The van der Waals surface area contributed by atoms with Crippen LogP contribution in [0.25, 0.3) is 0 Å². The number of rotatable bonds is 5. The van der Waals surface area contributed by atoms with Gasteiger partial charge in [-0.3, -0.25) is 20.5 Å². The molecule has 4 N–H and O–H groups in total. The van der Waals surface area contributed by atoms with Crippen molar-refractivity contribution in [3.63, 3.8) is 0 Å². The van der Waals surface area contributed by atoms with Crippen LogP contribution in [0, 0.1) is 5.92 Å². The zero-order valence-electron chi connectivity index (χ0n) is 11.9. The van der Waals surface area contributed by atoms with Gasteiger partial charge in [0.05, 0.1) is 6.54 Å². The lowest BCUT2D eigenvalue weighted by Crippen LogP contribution is -2.50. The first-order chi connectivity index (χ1) is 9.69. The molecule has 6 nitrogen and oxygen atoms in total. The van der Waals surface area contributed by atoms with E-state index in [-0.39, 0.29) is 5.91 Å². The molecule has 2 heterocycles. The molecule has 0 bridgehead atoms. The molecule has 0 aromatic carbocycles. The van der Waals surface area contributed by atoms with Crippen molar-refractivity contribution in [1.82, 2.24) is 15.3 Å². The number of anilines is 1. The predicted octanol–water partition coefficient (Wildman–Crippen LogP) is 0.584. The number of carbonyl (C=O) groups excluding carboxylic acids is 1. The maximum absolute atomic E-state index is 11.9. The molecule has 20 heavy (non-hydrogen) atoms. The van der Waals surface area contributed by atoms with Crippen molar-refractivity contribution in [2.45, 2.75) is 25.8 Å². The highest BCUT2D eigenvalue weighted by Gasteiger charge is 2.26. The number of likely N-dealkylation sites (tertiary alicyclic amines) is 1. The van der Waals surface area contributed by atoms with E-state index in [0.717, 1.165) is 19.4 Å². The summed E-state index contributed by atoms with van der Waals surface area (Å²) >= 11 is 0. The summed E-state index contributed by atoms with van der Waals surface area (Å²) < 4.78 is 0. The van der Waals surface area contributed by atoms with E-state index in [2.05, 4.69) is 27.7 Å². The molecule has 1 aliphatic heterocycles. The van der Waals surface area contributed by atoms with Gasteiger partial charge in [-0.15, -0.1) is 0 Å². The zero-order valence-corrected chi connectivity index (χ0v) is 11.9. The molecule has 1 aromatic heterocycles. The molecule has 6 heteroatoms. The second-order valence-corrected chi connectivity index (χ2v) is 5.38. The smallest absolute Gasteiger partial charge is 0.252 e. The van der Waals surface area contributed by atoms with Crippen LogP contribution in [-0.2, 0) is 4.79 Å². The second kappa shape index (κ2) is 7.21. The zero-order chi connectivity index (χ0) is 14.4. The summed E-state index contributed by atoms with van der Waals surface area (Å²) in [6, 6.07) is 5.79. The highest BCUT2D eigenvalue weighted by Crippen LogP contribution is 2.21. The van der Waals surface area contributed by atoms with Crippen molar-refractivity contribution in [3.05, 3.63) is 24.4 Å². The Balaban J connectivity index is 1.79. The minimum absolute atomic E-state index is 0.0661. The Kier molecular flexibility index (Phi) is 5.31. The average molecular weight is 277 g/mol. The van der Waals surface area contributed by atoms with Crippen molar-refractivity contribution < 1.29 is 4.79 Å². The predicted molar refractivity (Wildman–Crippen MR) is 78.8 cm³/mol. The minimum atomic E-state index is -0.0661. The molecule has 0 radical (unpaired) electrons. The Hall–Kier alpha value is -1.66. The Labute approximate surface area is 119 Å². The summed E-state index contributed by atoms with van der Waals surface area (Å²) in [4.78, 5) is 18.2. The molecular formula is C14H23N5O. The van der Waals surface area contributed by atoms with Crippen molar-refractivity contribution >= 4 is 11.7 Å². The topological polar surface area (TPSA) is 83.3 Å². The van der Waals surface area contributed by atoms with Crippen LogP contribution in [0.5, 0.6) is 0 Å². The van der Waals surface area contributed by atoms with Crippen LogP contribution in [0.2, 0.25) is 0 Å². The van der Waals surface area contributed by atoms with Gasteiger partial charge in [0.2, 0.25) is 0 Å². The van der Waals surface area contributed by atoms with E-state index in [4.69, 9.17) is 5.73 Å². The summed E-state index contributed by atoms with van der Waals surface area (Å²) in [5.41, 5.74) is 11.3. The van der Waals surface area contributed by atoms with Crippen LogP contribution in [0.3, 0.4) is 0 Å². The average Bonchev–Trinajstić information content (AvgIpc) is 2.48. The van der Waals surface area contributed by atoms with Gasteiger partial charge in [-0.2, -0.15) is 0 Å². The molecule has 0 aliphatic carbocycles. The van der Waals surface area contributed by atoms with E-state index in [1.807, 2.05) is 12.1 Å². The Bertz CT molecular complexity index is 425. The van der Waals surface area contributed by atoms with E-state index in [9.17, 15) is 4.79 Å². The van der Waals surface area contributed by atoms with Crippen molar-refractivity contribution in [3.8, 4) is 0 Å². The van der Waals surface area contributed by atoms with Gasteiger partial charge in [-0.25, -0.2) is 4.98 Å². The SMILES string of the molecule is CC1CCN(CC(=O)NNc2ccccn2)C(CN)C1. The van der Waals surface area contributed by atoms with Gasteiger partial charge in [0.15, 0.2) is 0 Å². The standard InChI is InChI=1S/C14H23N5O/c1-11-5-7-19(12(8-11)9-15)10-14(20)18-17-13-4-2-3-6-16-13/h2-4,6,11-12H,5,7-10,15H2,1H3,(H,16,17)(H,18,20). The van der Waals surface area contributed by atoms with Gasteiger partial charge in [0, 0.05) is 18.8 Å². The number of pyridine rings is 1. The summed E-state index contributed by atoms with van der Waals surface area (Å²) in [5, 5.41) is 0. The van der Waals surface area contributed by atoms with Crippen molar-refractivity contribution in [1.29, 1.82) is 0 Å². The summed E-state index contributed by atoms with van der Waals surface area (Å²) in [5.74, 6) is 1.25. The molecule has 0 saturated carbocycles. The highest BCUT2D eigenvalue weighted by molar-refractivity contribution is 5.79. The number of hydrogen-bond donors (Lipinski definition) is 3. The number of nitrogens with one attached hydrogen (secondary N) is 2. The summed E-state index contributed by atoms with van der Waals surface area (Å²) in [6.45, 7) is 4.14. The van der Waals surface area contributed by atoms with Gasteiger partial charge in [0.25, 0.3) is 5.91 Å². The number of hydrazine groups is 1. The maximum Gasteiger partial charge on any atom is 0.252 e. The molecule has 1 aliphatic rings. The van der Waals surface area contributed by atoms with E-state index >= 15 is 0 Å². The van der Waals surface area contributed by atoms with E-state index < -0.39 is 0 Å². The maximum atomic E-state index is 11.9. The summed E-state index contributed by atoms with van der Waals surface area (Å²) in [6.07, 6.45) is 3.86. The fraction of sp³-hybridized carbons (Fsp3) is 0.571. The number of piperidine rings is 1. The van der Waals surface area contributed by atoms with Gasteiger partial charge < -0.3 is 5.73 Å². The number of hydrogen-bond acceptors (Lipinski definition) is 5. The third-order valence-corrected chi connectivity index (χ3v) is 3.71. The normalized spacial score (nSPS) is 23.3. The minimum Gasteiger partial charge on any atom is -0.329 e. The number of nitrogens with two attached hydrogens (primary N) is 1. The van der Waals surface area contributed by atoms with E-state index in [1.165, 1.54) is 0 Å². The van der Waals surface area contributed by atoms with Crippen LogP contribution in [0.4, 0.5) is 5.82 Å². The molecule has 2 unspecified atom stereocenters. The monoisotopic (exact) mass is 277 g/mol. The molecule has 1 amide bonds. The van der Waals surface area contributed by atoms with Gasteiger partial charge >= 0.3 is 0 Å². The lowest BCUT2D eigenvalue weighted by molar-refractivity contribution is -0.122. The highest BCUT2D eigenvalue weighted by atomic mass is 16.2. The molecule has 1 aromatic rings. The molecule has 2 rings (SSSR count). The van der Waals surface area contributed by atoms with Crippen molar-refractivity contribution in [2.75, 3.05) is 25.1 Å². The molecular weight excluding hydrogens is 254 g/mol. The first-order valence-corrected chi connectivity index (χ1v) is 7.09. The first-order valence-electron chi connectivity index (χ1n) is 7.09. The van der Waals surface area contributed by atoms with E-state index in [0.29, 0.717) is 30.9 Å². The van der Waals surface area contributed by atoms with Gasteiger partial charge in [-0.1, -0.05) is 13.0 Å². The van der Waals surface area contributed by atoms with Crippen LogP contribution in [0.15, 0.2) is 24.4 Å². The summed E-state index contributed by atoms with van der Waals surface area (Å²) in [7, 11) is 0. The number of nitrogens with zero attached hydrogens (tertiary/aromatic N) is 2. The Morgan fingerprint density at radius 1 is 1.55 bits per heavy atom. The molecule has 2 atom stereocenters. The lowest BCUT2D eigenvalue weighted by Gasteiger charge is -2.37. The lowest BCUT2D eigenvalue weighted by atomic mass is 9.92. The first kappa shape index (κ1) is 14.7. The Morgan fingerprint density at radius 2 is 2.40 bits per heavy atom. The van der Waals surface area contributed by atoms with Gasteiger partial charge in [-0.05, 0) is 37.4 Å². The van der Waals surface area contributed by atoms with Crippen LogP contribution < -0.4 is 16.6 Å². The number of aromatic nitrogens is 1. The largest absolute Gasteiger partial charge is 0.329 e. The Morgan fingerprint density at radius 3 is 3.10 bits per heavy atom.